The fourth-order valence-electron chi connectivity index (χ4n) is 2.34. The van der Waals surface area contributed by atoms with E-state index in [0.717, 1.165) is 36.0 Å². The van der Waals surface area contributed by atoms with Crippen LogP contribution in [0.15, 0.2) is 36.7 Å². The molecule has 1 aliphatic heterocycles. The van der Waals surface area contributed by atoms with E-state index in [2.05, 4.69) is 15.6 Å². The van der Waals surface area contributed by atoms with Crippen molar-refractivity contribution in [3.63, 3.8) is 0 Å². The van der Waals surface area contributed by atoms with Crippen LogP contribution in [0, 0.1) is 5.92 Å². The lowest BCUT2D eigenvalue weighted by molar-refractivity contribution is -0.119. The van der Waals surface area contributed by atoms with Gasteiger partial charge in [-0.05, 0) is 25.1 Å². The zero-order valence-corrected chi connectivity index (χ0v) is 10.0. The Morgan fingerprint density at radius 1 is 1.39 bits per heavy atom. The van der Waals surface area contributed by atoms with E-state index in [0.29, 0.717) is 0 Å². The summed E-state index contributed by atoms with van der Waals surface area (Å²) in [7, 11) is 0. The second-order valence-electron chi connectivity index (χ2n) is 4.58. The number of amides is 1. The number of nitrogens with one attached hydrogen (secondary N) is 2. The summed E-state index contributed by atoms with van der Waals surface area (Å²) in [5.74, 6) is 0.186. The molecule has 4 nitrogen and oxygen atoms in total. The molecule has 0 aliphatic carbocycles. The number of benzene rings is 1. The second-order valence-corrected chi connectivity index (χ2v) is 4.58. The predicted octanol–water partition coefficient (Wildman–Crippen LogP) is 1.78. The smallest absolute Gasteiger partial charge is 0.228 e. The Morgan fingerprint density at radius 2 is 2.33 bits per heavy atom. The molecule has 1 saturated heterocycles. The van der Waals surface area contributed by atoms with Gasteiger partial charge in [0.2, 0.25) is 5.91 Å². The molecule has 1 amide bonds. The van der Waals surface area contributed by atoms with Gasteiger partial charge in [-0.3, -0.25) is 9.78 Å². The lowest BCUT2D eigenvalue weighted by atomic mass is 10.1. The Kier molecular flexibility index (Phi) is 2.94. The van der Waals surface area contributed by atoms with Gasteiger partial charge >= 0.3 is 0 Å². The third-order valence-corrected chi connectivity index (χ3v) is 3.37. The van der Waals surface area contributed by atoms with Gasteiger partial charge < -0.3 is 10.6 Å². The van der Waals surface area contributed by atoms with Crippen LogP contribution >= 0.6 is 0 Å². The average Bonchev–Trinajstić information content (AvgIpc) is 2.93. The summed E-state index contributed by atoms with van der Waals surface area (Å²) in [6.07, 6.45) is 4.47. The normalized spacial score (nSPS) is 19.0. The number of aromatic nitrogens is 1. The van der Waals surface area contributed by atoms with Crippen molar-refractivity contribution in [1.82, 2.24) is 10.3 Å². The Bertz CT molecular complexity index is 571. The first kappa shape index (κ1) is 11.2. The van der Waals surface area contributed by atoms with Crippen molar-refractivity contribution in [2.24, 2.45) is 5.92 Å². The third kappa shape index (κ3) is 2.07. The zero-order chi connectivity index (χ0) is 12.4. The summed E-state index contributed by atoms with van der Waals surface area (Å²) >= 11 is 0. The van der Waals surface area contributed by atoms with Crippen LogP contribution in [-0.4, -0.2) is 24.0 Å². The largest absolute Gasteiger partial charge is 0.325 e. The Labute approximate surface area is 105 Å². The van der Waals surface area contributed by atoms with Gasteiger partial charge in [0.15, 0.2) is 0 Å². The number of anilines is 1. The number of rotatable bonds is 2. The summed E-state index contributed by atoms with van der Waals surface area (Å²) in [5, 5.41) is 8.30. The Morgan fingerprint density at radius 3 is 3.17 bits per heavy atom. The van der Waals surface area contributed by atoms with Crippen LogP contribution < -0.4 is 10.6 Å². The molecule has 1 aromatic carbocycles. The standard InChI is InChI=1S/C14H15N3O/c18-14(11-4-6-15-9-11)17-13-3-1-2-10-8-16-7-5-12(10)13/h1-3,5,7-8,11,15H,4,6,9H2,(H,17,18). The Hall–Kier alpha value is -1.94. The molecule has 2 aromatic rings. The molecule has 18 heavy (non-hydrogen) atoms. The van der Waals surface area contributed by atoms with Gasteiger partial charge in [0.1, 0.15) is 0 Å². The minimum atomic E-state index is 0.0853. The predicted molar refractivity (Wildman–Crippen MR) is 71.3 cm³/mol. The molecule has 0 spiro atoms. The van der Waals surface area contributed by atoms with E-state index < -0.39 is 0 Å². The van der Waals surface area contributed by atoms with Crippen molar-refractivity contribution in [3.05, 3.63) is 36.7 Å². The number of fused-ring (bicyclic) bond motifs is 1. The van der Waals surface area contributed by atoms with E-state index in [9.17, 15) is 4.79 Å². The molecule has 1 aromatic heterocycles. The number of carbonyl (C=O) groups excluding carboxylic acids is 1. The number of hydrogen-bond donors (Lipinski definition) is 2. The van der Waals surface area contributed by atoms with Crippen molar-refractivity contribution in [3.8, 4) is 0 Å². The van der Waals surface area contributed by atoms with Crippen molar-refractivity contribution in [2.45, 2.75) is 6.42 Å². The fraction of sp³-hybridized carbons (Fsp3) is 0.286. The topological polar surface area (TPSA) is 54.0 Å². The van der Waals surface area contributed by atoms with E-state index in [4.69, 9.17) is 0 Å². The van der Waals surface area contributed by atoms with Crippen LogP contribution in [-0.2, 0) is 4.79 Å². The summed E-state index contributed by atoms with van der Waals surface area (Å²) in [6.45, 7) is 1.70. The third-order valence-electron chi connectivity index (χ3n) is 3.37. The van der Waals surface area contributed by atoms with Gasteiger partial charge in [0, 0.05) is 35.4 Å². The highest BCUT2D eigenvalue weighted by Crippen LogP contribution is 2.23. The monoisotopic (exact) mass is 241 g/mol. The minimum Gasteiger partial charge on any atom is -0.325 e. The molecule has 0 radical (unpaired) electrons. The molecule has 1 atom stereocenters. The highest BCUT2D eigenvalue weighted by molar-refractivity contribution is 6.02. The van der Waals surface area contributed by atoms with Crippen LogP contribution in [0.1, 0.15) is 6.42 Å². The number of hydrogen-bond acceptors (Lipinski definition) is 3. The van der Waals surface area contributed by atoms with Gasteiger partial charge in [0.05, 0.1) is 5.92 Å². The number of carbonyl (C=O) groups is 1. The first-order valence-electron chi connectivity index (χ1n) is 6.19. The van der Waals surface area contributed by atoms with Gasteiger partial charge in [0.25, 0.3) is 0 Å². The lowest BCUT2D eigenvalue weighted by Crippen LogP contribution is -2.24. The highest BCUT2D eigenvalue weighted by atomic mass is 16.1. The number of pyridine rings is 1. The van der Waals surface area contributed by atoms with Gasteiger partial charge in [-0.1, -0.05) is 12.1 Å². The second kappa shape index (κ2) is 4.74. The Balaban J connectivity index is 1.88. The highest BCUT2D eigenvalue weighted by Gasteiger charge is 2.22. The molecule has 92 valence electrons. The van der Waals surface area contributed by atoms with Crippen molar-refractivity contribution >= 4 is 22.4 Å². The maximum Gasteiger partial charge on any atom is 0.228 e. The van der Waals surface area contributed by atoms with E-state index in [-0.39, 0.29) is 11.8 Å². The number of nitrogens with zero attached hydrogens (tertiary/aromatic N) is 1. The molecular formula is C14H15N3O. The average molecular weight is 241 g/mol. The van der Waals surface area contributed by atoms with Gasteiger partial charge in [-0.25, -0.2) is 0 Å². The van der Waals surface area contributed by atoms with Crippen LogP contribution in [0.2, 0.25) is 0 Å². The molecule has 0 saturated carbocycles. The fourth-order valence-corrected chi connectivity index (χ4v) is 2.34. The SMILES string of the molecule is O=C(Nc1cccc2cnccc12)C1CCNC1. The van der Waals surface area contributed by atoms with Crippen LogP contribution in [0.25, 0.3) is 10.8 Å². The summed E-state index contributed by atoms with van der Waals surface area (Å²) < 4.78 is 0. The van der Waals surface area contributed by atoms with Crippen LogP contribution in [0.5, 0.6) is 0 Å². The summed E-state index contributed by atoms with van der Waals surface area (Å²) in [6, 6.07) is 7.79. The minimum absolute atomic E-state index is 0.0853. The zero-order valence-electron chi connectivity index (χ0n) is 10.0. The summed E-state index contributed by atoms with van der Waals surface area (Å²) in [4.78, 5) is 16.2. The van der Waals surface area contributed by atoms with E-state index in [1.54, 1.807) is 6.20 Å². The van der Waals surface area contributed by atoms with Crippen molar-refractivity contribution < 1.29 is 4.79 Å². The quantitative estimate of drug-likeness (QED) is 0.842. The maximum atomic E-state index is 12.1. The van der Waals surface area contributed by atoms with Crippen LogP contribution in [0.4, 0.5) is 5.69 Å². The molecule has 0 bridgehead atoms. The van der Waals surface area contributed by atoms with E-state index in [1.807, 2.05) is 30.5 Å². The van der Waals surface area contributed by atoms with Crippen molar-refractivity contribution in [1.29, 1.82) is 0 Å². The molecule has 2 heterocycles. The lowest BCUT2D eigenvalue weighted by Gasteiger charge is -2.11. The molecule has 1 unspecified atom stereocenters. The molecular weight excluding hydrogens is 226 g/mol. The van der Waals surface area contributed by atoms with E-state index in [1.165, 1.54) is 0 Å². The van der Waals surface area contributed by atoms with Crippen LogP contribution in [0.3, 0.4) is 0 Å². The maximum absolute atomic E-state index is 12.1. The summed E-state index contributed by atoms with van der Waals surface area (Å²) in [5.41, 5.74) is 0.867. The van der Waals surface area contributed by atoms with E-state index >= 15 is 0 Å². The van der Waals surface area contributed by atoms with Gasteiger partial charge in [-0.2, -0.15) is 0 Å². The molecule has 4 heteroatoms. The first-order chi connectivity index (χ1) is 8.84. The van der Waals surface area contributed by atoms with Gasteiger partial charge in [-0.15, -0.1) is 0 Å². The molecule has 3 rings (SSSR count). The van der Waals surface area contributed by atoms with Crippen molar-refractivity contribution in [2.75, 3.05) is 18.4 Å². The molecule has 1 aliphatic rings. The first-order valence-corrected chi connectivity index (χ1v) is 6.19. The molecule has 2 N–H and O–H groups in total. The molecule has 1 fully saturated rings.